The standard InChI is InChI=1S/C17H26O2/c1-2-3-4-5-6-7-17(19)13-12-15-8-10-16(14-18)11-9-15/h8-11,14,17,19H,2-7,12-13H2,1H3/t17-/m1/s1. The Hall–Kier alpha value is -1.15. The zero-order valence-corrected chi connectivity index (χ0v) is 12.0. The van der Waals surface area contributed by atoms with Gasteiger partial charge in [0.15, 0.2) is 0 Å². The lowest BCUT2D eigenvalue weighted by Crippen LogP contribution is -2.07. The van der Waals surface area contributed by atoms with Gasteiger partial charge in [0.25, 0.3) is 0 Å². The molecule has 0 spiro atoms. The van der Waals surface area contributed by atoms with Crippen LogP contribution in [0.15, 0.2) is 24.3 Å². The molecular weight excluding hydrogens is 236 g/mol. The van der Waals surface area contributed by atoms with Gasteiger partial charge in [0.05, 0.1) is 6.10 Å². The first kappa shape index (κ1) is 15.9. The Morgan fingerprint density at radius 2 is 1.74 bits per heavy atom. The third-order valence-corrected chi connectivity index (χ3v) is 3.52. The van der Waals surface area contributed by atoms with E-state index >= 15 is 0 Å². The quantitative estimate of drug-likeness (QED) is 0.508. The second-order valence-electron chi connectivity index (χ2n) is 5.25. The summed E-state index contributed by atoms with van der Waals surface area (Å²) >= 11 is 0. The van der Waals surface area contributed by atoms with E-state index in [1.807, 2.05) is 24.3 Å². The van der Waals surface area contributed by atoms with Crippen molar-refractivity contribution in [1.29, 1.82) is 0 Å². The van der Waals surface area contributed by atoms with Crippen LogP contribution in [0.25, 0.3) is 0 Å². The second-order valence-corrected chi connectivity index (χ2v) is 5.25. The van der Waals surface area contributed by atoms with Crippen molar-refractivity contribution in [2.75, 3.05) is 0 Å². The highest BCUT2D eigenvalue weighted by atomic mass is 16.3. The largest absolute Gasteiger partial charge is 0.393 e. The van der Waals surface area contributed by atoms with Crippen molar-refractivity contribution < 1.29 is 9.90 Å². The van der Waals surface area contributed by atoms with E-state index in [1.165, 1.54) is 31.2 Å². The molecule has 0 unspecified atom stereocenters. The van der Waals surface area contributed by atoms with Gasteiger partial charge < -0.3 is 5.11 Å². The van der Waals surface area contributed by atoms with Crippen molar-refractivity contribution in [3.63, 3.8) is 0 Å². The van der Waals surface area contributed by atoms with E-state index < -0.39 is 0 Å². The summed E-state index contributed by atoms with van der Waals surface area (Å²) in [5.74, 6) is 0. The first-order valence-electron chi connectivity index (χ1n) is 7.48. The molecule has 2 heteroatoms. The Morgan fingerprint density at radius 1 is 1.05 bits per heavy atom. The highest BCUT2D eigenvalue weighted by Gasteiger charge is 2.04. The van der Waals surface area contributed by atoms with E-state index in [0.29, 0.717) is 5.56 Å². The number of aliphatic hydroxyl groups is 1. The van der Waals surface area contributed by atoms with Crippen LogP contribution >= 0.6 is 0 Å². The van der Waals surface area contributed by atoms with E-state index in [4.69, 9.17) is 0 Å². The third kappa shape index (κ3) is 7.12. The zero-order chi connectivity index (χ0) is 13.9. The van der Waals surface area contributed by atoms with Gasteiger partial charge in [-0.3, -0.25) is 4.79 Å². The maximum absolute atomic E-state index is 10.5. The molecule has 0 fully saturated rings. The van der Waals surface area contributed by atoms with Crippen LogP contribution in [0.4, 0.5) is 0 Å². The summed E-state index contributed by atoms with van der Waals surface area (Å²) < 4.78 is 0. The molecule has 0 aliphatic heterocycles. The van der Waals surface area contributed by atoms with E-state index in [9.17, 15) is 9.90 Å². The summed E-state index contributed by atoms with van der Waals surface area (Å²) in [5, 5.41) is 9.91. The Morgan fingerprint density at radius 3 is 2.37 bits per heavy atom. The topological polar surface area (TPSA) is 37.3 Å². The van der Waals surface area contributed by atoms with Crippen LogP contribution in [-0.2, 0) is 6.42 Å². The van der Waals surface area contributed by atoms with Crippen molar-refractivity contribution in [1.82, 2.24) is 0 Å². The molecule has 2 nitrogen and oxygen atoms in total. The van der Waals surface area contributed by atoms with Gasteiger partial charge in [-0.2, -0.15) is 0 Å². The lowest BCUT2D eigenvalue weighted by Gasteiger charge is -2.10. The van der Waals surface area contributed by atoms with Crippen LogP contribution in [0.3, 0.4) is 0 Å². The van der Waals surface area contributed by atoms with Crippen LogP contribution in [-0.4, -0.2) is 17.5 Å². The van der Waals surface area contributed by atoms with E-state index in [2.05, 4.69) is 6.92 Å². The van der Waals surface area contributed by atoms with Gasteiger partial charge in [-0.25, -0.2) is 0 Å². The minimum Gasteiger partial charge on any atom is -0.393 e. The first-order valence-corrected chi connectivity index (χ1v) is 7.48. The molecule has 0 amide bonds. The lowest BCUT2D eigenvalue weighted by atomic mass is 10.0. The smallest absolute Gasteiger partial charge is 0.150 e. The second kappa shape index (κ2) is 9.74. The predicted molar refractivity (Wildman–Crippen MR) is 79.5 cm³/mol. The normalized spacial score (nSPS) is 12.3. The molecule has 0 bridgehead atoms. The van der Waals surface area contributed by atoms with Crippen LogP contribution in [0, 0.1) is 0 Å². The molecule has 0 heterocycles. The van der Waals surface area contributed by atoms with Gasteiger partial charge in [0.1, 0.15) is 6.29 Å². The number of aldehydes is 1. The zero-order valence-electron chi connectivity index (χ0n) is 12.0. The number of hydrogen-bond donors (Lipinski definition) is 1. The fourth-order valence-corrected chi connectivity index (χ4v) is 2.22. The Bertz CT molecular complexity index is 343. The molecule has 0 aromatic heterocycles. The van der Waals surface area contributed by atoms with Crippen molar-refractivity contribution in [2.45, 2.75) is 64.4 Å². The van der Waals surface area contributed by atoms with Gasteiger partial charge in [-0.1, -0.05) is 63.3 Å². The lowest BCUT2D eigenvalue weighted by molar-refractivity contribution is 0.112. The molecule has 0 saturated carbocycles. The van der Waals surface area contributed by atoms with Crippen LogP contribution < -0.4 is 0 Å². The number of rotatable bonds is 10. The molecule has 106 valence electrons. The Labute approximate surface area is 116 Å². The van der Waals surface area contributed by atoms with Crippen molar-refractivity contribution >= 4 is 6.29 Å². The van der Waals surface area contributed by atoms with Crippen LogP contribution in [0.1, 0.15) is 67.8 Å². The highest BCUT2D eigenvalue weighted by molar-refractivity contribution is 5.74. The Balaban J connectivity index is 2.14. The monoisotopic (exact) mass is 262 g/mol. The number of aliphatic hydroxyl groups excluding tert-OH is 1. The molecular formula is C17H26O2. The fourth-order valence-electron chi connectivity index (χ4n) is 2.22. The first-order chi connectivity index (χ1) is 9.26. The summed E-state index contributed by atoms with van der Waals surface area (Å²) in [6.07, 6.45) is 9.50. The summed E-state index contributed by atoms with van der Waals surface area (Å²) in [7, 11) is 0. The molecule has 1 atom stereocenters. The molecule has 1 N–H and O–H groups in total. The molecule has 19 heavy (non-hydrogen) atoms. The Kier molecular flexibility index (Phi) is 8.15. The number of carbonyl (C=O) groups is 1. The van der Waals surface area contributed by atoms with Crippen LogP contribution in [0.2, 0.25) is 0 Å². The molecule has 1 aromatic rings. The summed E-state index contributed by atoms with van der Waals surface area (Å²) in [5.41, 5.74) is 1.90. The minimum absolute atomic E-state index is 0.188. The van der Waals surface area contributed by atoms with Gasteiger partial charge in [0.2, 0.25) is 0 Å². The summed E-state index contributed by atoms with van der Waals surface area (Å²) in [6, 6.07) is 7.61. The van der Waals surface area contributed by atoms with Gasteiger partial charge >= 0.3 is 0 Å². The highest BCUT2D eigenvalue weighted by Crippen LogP contribution is 2.12. The number of carbonyl (C=O) groups excluding carboxylic acids is 1. The van der Waals surface area contributed by atoms with E-state index in [0.717, 1.165) is 32.0 Å². The molecule has 1 rings (SSSR count). The molecule has 1 aromatic carbocycles. The predicted octanol–water partition coefficient (Wildman–Crippen LogP) is 4.15. The fraction of sp³-hybridized carbons (Fsp3) is 0.588. The average Bonchev–Trinajstić information content (AvgIpc) is 2.45. The van der Waals surface area contributed by atoms with Gasteiger partial charge in [0, 0.05) is 5.56 Å². The number of aryl methyl sites for hydroxylation is 1. The molecule has 0 radical (unpaired) electrons. The summed E-state index contributed by atoms with van der Waals surface area (Å²) in [6.45, 7) is 2.21. The van der Waals surface area contributed by atoms with Gasteiger partial charge in [-0.05, 0) is 24.8 Å². The van der Waals surface area contributed by atoms with E-state index in [-0.39, 0.29) is 6.10 Å². The van der Waals surface area contributed by atoms with Crippen molar-refractivity contribution in [2.24, 2.45) is 0 Å². The SMILES string of the molecule is CCCCCCC[C@@H](O)CCc1ccc(C=O)cc1. The maximum atomic E-state index is 10.5. The summed E-state index contributed by atoms with van der Waals surface area (Å²) in [4.78, 5) is 10.5. The van der Waals surface area contributed by atoms with Gasteiger partial charge in [-0.15, -0.1) is 0 Å². The minimum atomic E-state index is -0.188. The number of unbranched alkanes of at least 4 members (excludes halogenated alkanes) is 4. The van der Waals surface area contributed by atoms with Crippen LogP contribution in [0.5, 0.6) is 0 Å². The maximum Gasteiger partial charge on any atom is 0.150 e. The molecule has 0 aliphatic carbocycles. The van der Waals surface area contributed by atoms with Crippen molar-refractivity contribution in [3.8, 4) is 0 Å². The van der Waals surface area contributed by atoms with Crippen molar-refractivity contribution in [3.05, 3.63) is 35.4 Å². The third-order valence-electron chi connectivity index (χ3n) is 3.52. The average molecular weight is 262 g/mol. The van der Waals surface area contributed by atoms with E-state index in [1.54, 1.807) is 0 Å². The number of benzene rings is 1. The number of hydrogen-bond acceptors (Lipinski definition) is 2. The molecule has 0 aliphatic rings. The molecule has 0 saturated heterocycles.